The Morgan fingerprint density at radius 1 is 1.30 bits per heavy atom. The van der Waals surface area contributed by atoms with E-state index in [2.05, 4.69) is 0 Å². The Bertz CT molecular complexity index is 120. The van der Waals surface area contributed by atoms with Gasteiger partial charge in [0.15, 0.2) is 0 Å². The van der Waals surface area contributed by atoms with E-state index >= 15 is 0 Å². The summed E-state index contributed by atoms with van der Waals surface area (Å²) in [5, 5.41) is 26.9. The summed E-state index contributed by atoms with van der Waals surface area (Å²) < 4.78 is 0. The van der Waals surface area contributed by atoms with Crippen LogP contribution in [0.1, 0.15) is 6.42 Å². The first-order valence-electron chi connectivity index (χ1n) is 3.39. The maximum Gasteiger partial charge on any atom is 0.0953 e. The van der Waals surface area contributed by atoms with Crippen LogP contribution in [0.3, 0.4) is 0 Å². The Balaban J connectivity index is 2.53. The average Bonchev–Trinajstić information content (AvgIpc) is 2.17. The fourth-order valence-electron chi connectivity index (χ4n) is 1.34. The fourth-order valence-corrected chi connectivity index (χ4v) is 1.34. The molecule has 10 heavy (non-hydrogen) atoms. The summed E-state index contributed by atoms with van der Waals surface area (Å²) in [6.45, 7) is -0.105. The predicted molar refractivity (Wildman–Crippen MR) is 35.2 cm³/mol. The van der Waals surface area contributed by atoms with Crippen LogP contribution in [0.5, 0.6) is 0 Å². The van der Waals surface area contributed by atoms with Gasteiger partial charge < -0.3 is 21.1 Å². The second-order valence-corrected chi connectivity index (χ2v) is 2.82. The minimum Gasteiger partial charge on any atom is -0.396 e. The van der Waals surface area contributed by atoms with Gasteiger partial charge in [0, 0.05) is 18.6 Å². The quantitative estimate of drug-likeness (QED) is 0.347. The van der Waals surface area contributed by atoms with Gasteiger partial charge in [-0.3, -0.25) is 0 Å². The molecule has 0 aromatic rings. The lowest BCUT2D eigenvalue weighted by molar-refractivity contribution is 0.00300. The highest BCUT2D eigenvalue weighted by Crippen LogP contribution is 2.24. The van der Waals surface area contributed by atoms with Crippen molar-refractivity contribution in [2.45, 2.75) is 24.7 Å². The van der Waals surface area contributed by atoms with E-state index in [0.29, 0.717) is 6.42 Å². The monoisotopic (exact) mass is 147 g/mol. The van der Waals surface area contributed by atoms with E-state index in [4.69, 9.17) is 21.1 Å². The zero-order chi connectivity index (χ0) is 7.72. The molecule has 1 fully saturated rings. The van der Waals surface area contributed by atoms with Crippen molar-refractivity contribution >= 4 is 0 Å². The molecule has 1 saturated carbocycles. The molecule has 0 saturated heterocycles. The number of nitrogens with two attached hydrogens (primary N) is 1. The molecule has 1 aliphatic rings. The molecular weight excluding hydrogens is 134 g/mol. The van der Waals surface area contributed by atoms with Gasteiger partial charge in [-0.15, -0.1) is 0 Å². The van der Waals surface area contributed by atoms with Gasteiger partial charge in [-0.25, -0.2) is 0 Å². The van der Waals surface area contributed by atoms with Crippen LogP contribution >= 0.6 is 0 Å². The van der Waals surface area contributed by atoms with Crippen LogP contribution in [0, 0.1) is 5.92 Å². The number of hydrogen-bond acceptors (Lipinski definition) is 4. The second kappa shape index (κ2) is 2.84. The number of hydrogen-bond donors (Lipinski definition) is 4. The Morgan fingerprint density at radius 3 is 2.10 bits per heavy atom. The third-order valence-corrected chi connectivity index (χ3v) is 2.08. The number of aliphatic hydroxyl groups excluding tert-OH is 3. The molecule has 0 spiro atoms. The molecule has 0 heterocycles. The molecule has 1 aliphatic carbocycles. The van der Waals surface area contributed by atoms with Gasteiger partial charge in [-0.2, -0.15) is 0 Å². The summed E-state index contributed by atoms with van der Waals surface area (Å²) in [6.07, 6.45) is -1.21. The maximum absolute atomic E-state index is 9.14. The van der Waals surface area contributed by atoms with Crippen molar-refractivity contribution in [1.29, 1.82) is 0 Å². The first kappa shape index (κ1) is 7.94. The van der Waals surface area contributed by atoms with Gasteiger partial charge in [0.25, 0.3) is 0 Å². The predicted octanol–water partition coefficient (Wildman–Crippen LogP) is -1.95. The minimum absolute atomic E-state index is 0.105. The van der Waals surface area contributed by atoms with Gasteiger partial charge in [0.1, 0.15) is 0 Å². The Morgan fingerprint density at radius 2 is 1.90 bits per heavy atom. The molecule has 0 aliphatic heterocycles. The van der Waals surface area contributed by atoms with Crippen molar-refractivity contribution in [2.75, 3.05) is 6.61 Å². The minimum atomic E-state index is -0.864. The highest BCUT2D eigenvalue weighted by atomic mass is 16.3. The standard InChI is InChI=1S/C6H13NO3/c7-4-1-3(2-8)5(9)6(4)10/h3-6,8-10H,1-2,7H2/t3?,4?,5-,6-/m1/s1. The SMILES string of the molecule is NC1CC(CO)[C@@H](O)[C@@H]1O. The topological polar surface area (TPSA) is 86.7 Å². The summed E-state index contributed by atoms with van der Waals surface area (Å²) in [7, 11) is 0. The number of aliphatic hydroxyl groups is 3. The molecule has 0 bridgehead atoms. The smallest absolute Gasteiger partial charge is 0.0953 e. The Hall–Kier alpha value is -0.160. The van der Waals surface area contributed by atoms with E-state index in [-0.39, 0.29) is 18.6 Å². The van der Waals surface area contributed by atoms with Crippen LogP contribution in [-0.2, 0) is 0 Å². The van der Waals surface area contributed by atoms with Gasteiger partial charge in [0.05, 0.1) is 12.2 Å². The van der Waals surface area contributed by atoms with Crippen LogP contribution in [0.15, 0.2) is 0 Å². The highest BCUT2D eigenvalue weighted by Gasteiger charge is 2.38. The fraction of sp³-hybridized carbons (Fsp3) is 1.00. The zero-order valence-electron chi connectivity index (χ0n) is 5.64. The van der Waals surface area contributed by atoms with E-state index in [9.17, 15) is 0 Å². The normalized spacial score (nSPS) is 48.0. The van der Waals surface area contributed by atoms with Crippen molar-refractivity contribution < 1.29 is 15.3 Å². The Kier molecular flexibility index (Phi) is 2.25. The van der Waals surface area contributed by atoms with Crippen molar-refractivity contribution in [1.82, 2.24) is 0 Å². The van der Waals surface area contributed by atoms with Crippen LogP contribution in [-0.4, -0.2) is 40.2 Å². The molecule has 4 heteroatoms. The van der Waals surface area contributed by atoms with Gasteiger partial charge in [-0.1, -0.05) is 0 Å². The molecule has 2 unspecified atom stereocenters. The van der Waals surface area contributed by atoms with E-state index in [1.54, 1.807) is 0 Å². The van der Waals surface area contributed by atoms with E-state index in [0.717, 1.165) is 0 Å². The molecule has 0 radical (unpaired) electrons. The molecule has 5 N–H and O–H groups in total. The Labute approximate surface area is 59.3 Å². The molecule has 0 amide bonds. The van der Waals surface area contributed by atoms with Crippen molar-refractivity contribution in [3.63, 3.8) is 0 Å². The third kappa shape index (κ3) is 1.15. The summed E-state index contributed by atoms with van der Waals surface area (Å²) in [5.74, 6) is -0.245. The molecule has 60 valence electrons. The van der Waals surface area contributed by atoms with E-state index in [1.165, 1.54) is 0 Å². The lowest BCUT2D eigenvalue weighted by Gasteiger charge is -2.13. The first-order chi connectivity index (χ1) is 4.66. The maximum atomic E-state index is 9.14. The summed E-state index contributed by atoms with van der Waals surface area (Å²) >= 11 is 0. The van der Waals surface area contributed by atoms with Gasteiger partial charge in [-0.05, 0) is 6.42 Å². The molecule has 0 aromatic carbocycles. The molecule has 4 atom stereocenters. The molecular formula is C6H13NO3. The molecule has 0 aromatic heterocycles. The van der Waals surface area contributed by atoms with Crippen LogP contribution in [0.25, 0.3) is 0 Å². The molecule has 4 nitrogen and oxygen atoms in total. The summed E-state index contributed by atoms with van der Waals surface area (Å²) in [6, 6.07) is -0.382. The van der Waals surface area contributed by atoms with Gasteiger partial charge >= 0.3 is 0 Å². The highest BCUT2D eigenvalue weighted by molar-refractivity contribution is 4.92. The lowest BCUT2D eigenvalue weighted by Crippen LogP contribution is -2.35. The van der Waals surface area contributed by atoms with Crippen LogP contribution < -0.4 is 5.73 Å². The van der Waals surface area contributed by atoms with Crippen molar-refractivity contribution in [3.8, 4) is 0 Å². The largest absolute Gasteiger partial charge is 0.396 e. The summed E-state index contributed by atoms with van der Waals surface area (Å²) in [4.78, 5) is 0. The average molecular weight is 147 g/mol. The van der Waals surface area contributed by atoms with E-state index in [1.807, 2.05) is 0 Å². The third-order valence-electron chi connectivity index (χ3n) is 2.08. The van der Waals surface area contributed by atoms with Crippen LogP contribution in [0.4, 0.5) is 0 Å². The number of rotatable bonds is 1. The van der Waals surface area contributed by atoms with Gasteiger partial charge in [0.2, 0.25) is 0 Å². The first-order valence-corrected chi connectivity index (χ1v) is 3.39. The van der Waals surface area contributed by atoms with E-state index < -0.39 is 12.2 Å². The summed E-state index contributed by atoms with van der Waals surface area (Å²) in [5.41, 5.74) is 5.41. The zero-order valence-corrected chi connectivity index (χ0v) is 5.64. The van der Waals surface area contributed by atoms with Crippen LogP contribution in [0.2, 0.25) is 0 Å². The van der Waals surface area contributed by atoms with Crippen molar-refractivity contribution in [3.05, 3.63) is 0 Å². The molecule has 1 rings (SSSR count). The second-order valence-electron chi connectivity index (χ2n) is 2.82. The lowest BCUT2D eigenvalue weighted by atomic mass is 10.1. The van der Waals surface area contributed by atoms with Crippen molar-refractivity contribution in [2.24, 2.45) is 11.7 Å².